The molecular weight excluding hydrogens is 306 g/mol. The van der Waals surface area contributed by atoms with E-state index in [0.717, 1.165) is 6.08 Å². The lowest BCUT2D eigenvalue weighted by Gasteiger charge is -2.22. The molecule has 8 nitrogen and oxygen atoms in total. The predicted octanol–water partition coefficient (Wildman–Crippen LogP) is 0.462. The number of aliphatic carboxylic acids is 1. The maximum absolute atomic E-state index is 12.1. The molecule has 0 fully saturated rings. The van der Waals surface area contributed by atoms with Gasteiger partial charge in [0, 0.05) is 38.0 Å². The lowest BCUT2D eigenvalue weighted by atomic mass is 10.3. The number of esters is 1. The van der Waals surface area contributed by atoms with Crippen molar-refractivity contribution in [1.82, 2.24) is 4.90 Å². The Labute approximate surface area is 136 Å². The van der Waals surface area contributed by atoms with E-state index in [1.54, 1.807) is 0 Å². The second kappa shape index (κ2) is 12.6. The van der Waals surface area contributed by atoms with Crippen LogP contribution in [0.5, 0.6) is 0 Å². The van der Waals surface area contributed by atoms with E-state index in [1.807, 2.05) is 13.8 Å². The third-order valence-electron chi connectivity index (χ3n) is 2.76. The molecule has 132 valence electrons. The molecule has 0 aromatic carbocycles. The largest absolute Gasteiger partial charge is 0.478 e. The van der Waals surface area contributed by atoms with Gasteiger partial charge in [-0.05, 0) is 20.8 Å². The van der Waals surface area contributed by atoms with Crippen LogP contribution in [0.1, 0.15) is 20.8 Å². The summed E-state index contributed by atoms with van der Waals surface area (Å²) in [6.07, 6.45) is 0.731. The van der Waals surface area contributed by atoms with E-state index in [1.165, 1.54) is 11.8 Å². The molecule has 0 spiro atoms. The van der Waals surface area contributed by atoms with Crippen molar-refractivity contribution < 1.29 is 33.7 Å². The molecule has 23 heavy (non-hydrogen) atoms. The fourth-order valence-corrected chi connectivity index (χ4v) is 1.58. The molecule has 0 aliphatic carbocycles. The highest BCUT2D eigenvalue weighted by Crippen LogP contribution is 1.99. The summed E-state index contributed by atoms with van der Waals surface area (Å²) in [5, 5.41) is 8.55. The van der Waals surface area contributed by atoms with Crippen molar-refractivity contribution in [2.45, 2.75) is 20.8 Å². The molecule has 0 radical (unpaired) electrons. The first kappa shape index (κ1) is 21.1. The summed E-state index contributed by atoms with van der Waals surface area (Å²) in [6, 6.07) is 0. The van der Waals surface area contributed by atoms with Gasteiger partial charge in [-0.25, -0.2) is 9.59 Å². The van der Waals surface area contributed by atoms with E-state index in [2.05, 4.69) is 0 Å². The lowest BCUT2D eigenvalue weighted by Crippen LogP contribution is -2.39. The highest BCUT2D eigenvalue weighted by molar-refractivity contribution is 5.96. The van der Waals surface area contributed by atoms with Crippen LogP contribution in [0.15, 0.2) is 11.6 Å². The monoisotopic (exact) mass is 331 g/mol. The Kier molecular flexibility index (Phi) is 11.5. The first-order valence-electron chi connectivity index (χ1n) is 7.43. The Balaban J connectivity index is 4.44. The Morgan fingerprint density at radius 1 is 1.04 bits per heavy atom. The standard InChI is InChI=1S/C15H25NO7/c1-4-21-8-6-16(7-9-22-5-2)13(17)11-23-15(20)12(3)10-14(18)19/h10H,4-9,11H2,1-3H3,(H,18,19)/b12-10+. The van der Waals surface area contributed by atoms with E-state index in [-0.39, 0.29) is 11.5 Å². The number of nitrogens with zero attached hydrogens (tertiary/aromatic N) is 1. The van der Waals surface area contributed by atoms with Crippen LogP contribution in [-0.2, 0) is 28.6 Å². The van der Waals surface area contributed by atoms with Crippen LogP contribution in [0.4, 0.5) is 0 Å². The third kappa shape index (κ3) is 10.4. The average molecular weight is 331 g/mol. The van der Waals surface area contributed by atoms with Crippen molar-refractivity contribution in [2.75, 3.05) is 46.1 Å². The van der Waals surface area contributed by atoms with Gasteiger partial charge in [0.25, 0.3) is 5.91 Å². The van der Waals surface area contributed by atoms with Crippen LogP contribution >= 0.6 is 0 Å². The van der Waals surface area contributed by atoms with Crippen LogP contribution in [0, 0.1) is 0 Å². The summed E-state index contributed by atoms with van der Waals surface area (Å²) < 4.78 is 15.2. The van der Waals surface area contributed by atoms with Gasteiger partial charge in [0.15, 0.2) is 6.61 Å². The normalized spacial score (nSPS) is 11.2. The number of carbonyl (C=O) groups excluding carboxylic acids is 2. The zero-order chi connectivity index (χ0) is 17.7. The van der Waals surface area contributed by atoms with Gasteiger partial charge in [-0.15, -0.1) is 0 Å². The van der Waals surface area contributed by atoms with Crippen molar-refractivity contribution in [3.63, 3.8) is 0 Å². The highest BCUT2D eigenvalue weighted by atomic mass is 16.5. The fourth-order valence-electron chi connectivity index (χ4n) is 1.58. The minimum absolute atomic E-state index is 0.0829. The van der Waals surface area contributed by atoms with Crippen LogP contribution in [-0.4, -0.2) is 74.0 Å². The molecule has 0 aliphatic rings. The minimum Gasteiger partial charge on any atom is -0.478 e. The summed E-state index contributed by atoms with van der Waals surface area (Å²) in [7, 11) is 0. The fraction of sp³-hybridized carbons (Fsp3) is 0.667. The van der Waals surface area contributed by atoms with Crippen LogP contribution < -0.4 is 0 Å². The maximum atomic E-state index is 12.1. The molecule has 0 heterocycles. The summed E-state index contributed by atoms with van der Waals surface area (Å²) in [5.74, 6) is -2.47. The minimum atomic E-state index is -1.25. The number of carboxylic acids is 1. The van der Waals surface area contributed by atoms with E-state index in [4.69, 9.17) is 19.3 Å². The van der Waals surface area contributed by atoms with Crippen LogP contribution in [0.2, 0.25) is 0 Å². The first-order chi connectivity index (χ1) is 10.9. The molecule has 1 N–H and O–H groups in total. The van der Waals surface area contributed by atoms with E-state index >= 15 is 0 Å². The van der Waals surface area contributed by atoms with Gasteiger partial charge in [-0.3, -0.25) is 4.79 Å². The molecule has 0 aliphatic heterocycles. The van der Waals surface area contributed by atoms with Gasteiger partial charge in [0.2, 0.25) is 0 Å². The second-order valence-corrected chi connectivity index (χ2v) is 4.52. The van der Waals surface area contributed by atoms with Gasteiger partial charge in [0.05, 0.1) is 13.2 Å². The van der Waals surface area contributed by atoms with Crippen molar-refractivity contribution >= 4 is 17.8 Å². The third-order valence-corrected chi connectivity index (χ3v) is 2.76. The molecule has 0 atom stereocenters. The number of carboxylic acid groups (broad SMARTS) is 1. The van der Waals surface area contributed by atoms with E-state index in [9.17, 15) is 14.4 Å². The average Bonchev–Trinajstić information content (AvgIpc) is 2.50. The quantitative estimate of drug-likeness (QED) is 0.315. The molecule has 0 unspecified atom stereocenters. The van der Waals surface area contributed by atoms with Gasteiger partial charge < -0.3 is 24.2 Å². The van der Waals surface area contributed by atoms with Crippen molar-refractivity contribution in [3.8, 4) is 0 Å². The topological polar surface area (TPSA) is 102 Å². The Morgan fingerprint density at radius 2 is 1.57 bits per heavy atom. The SMILES string of the molecule is CCOCCN(CCOCC)C(=O)COC(=O)/C(C)=C/C(=O)O. The number of hydrogen-bond acceptors (Lipinski definition) is 6. The summed E-state index contributed by atoms with van der Waals surface area (Å²) in [6.45, 7) is 7.12. The smallest absolute Gasteiger partial charge is 0.334 e. The Morgan fingerprint density at radius 3 is 2.00 bits per heavy atom. The molecule has 0 bridgehead atoms. The zero-order valence-electron chi connectivity index (χ0n) is 13.9. The molecule has 0 rings (SSSR count). The van der Waals surface area contributed by atoms with Gasteiger partial charge in [-0.1, -0.05) is 0 Å². The van der Waals surface area contributed by atoms with Gasteiger partial charge in [0.1, 0.15) is 0 Å². The number of hydrogen-bond donors (Lipinski definition) is 1. The van der Waals surface area contributed by atoms with Crippen LogP contribution in [0.3, 0.4) is 0 Å². The van der Waals surface area contributed by atoms with Crippen LogP contribution in [0.25, 0.3) is 0 Å². The predicted molar refractivity (Wildman–Crippen MR) is 81.9 cm³/mol. The van der Waals surface area contributed by atoms with E-state index in [0.29, 0.717) is 39.5 Å². The molecule has 0 saturated carbocycles. The molecule has 0 saturated heterocycles. The Bertz CT molecular complexity index is 410. The maximum Gasteiger partial charge on any atom is 0.334 e. The van der Waals surface area contributed by atoms with Gasteiger partial charge in [-0.2, -0.15) is 0 Å². The van der Waals surface area contributed by atoms with E-state index < -0.39 is 18.5 Å². The summed E-state index contributed by atoms with van der Waals surface area (Å²) in [5.41, 5.74) is -0.0829. The van der Waals surface area contributed by atoms with Crippen molar-refractivity contribution in [2.24, 2.45) is 0 Å². The number of rotatable bonds is 12. The number of carbonyl (C=O) groups is 3. The molecular formula is C15H25NO7. The first-order valence-corrected chi connectivity index (χ1v) is 7.43. The lowest BCUT2D eigenvalue weighted by molar-refractivity contribution is -0.149. The summed E-state index contributed by atoms with van der Waals surface area (Å²) >= 11 is 0. The number of ether oxygens (including phenoxy) is 3. The molecule has 0 aromatic heterocycles. The highest BCUT2D eigenvalue weighted by Gasteiger charge is 2.16. The molecule has 1 amide bonds. The second-order valence-electron chi connectivity index (χ2n) is 4.52. The van der Waals surface area contributed by atoms with Crippen molar-refractivity contribution in [3.05, 3.63) is 11.6 Å². The number of amides is 1. The molecule has 0 aromatic rings. The molecule has 8 heteroatoms. The van der Waals surface area contributed by atoms with Crippen molar-refractivity contribution in [1.29, 1.82) is 0 Å². The zero-order valence-corrected chi connectivity index (χ0v) is 13.9. The Hall–Kier alpha value is -1.93. The van der Waals surface area contributed by atoms with Gasteiger partial charge >= 0.3 is 11.9 Å². The summed E-state index contributed by atoms with van der Waals surface area (Å²) in [4.78, 5) is 35.6.